The van der Waals surface area contributed by atoms with Crippen molar-refractivity contribution >= 4 is 16.7 Å². The fraction of sp³-hybridized carbons (Fsp3) is 0.102. The van der Waals surface area contributed by atoms with Crippen molar-refractivity contribution in [2.75, 3.05) is 0 Å². The second-order valence-corrected chi connectivity index (χ2v) is 13.9. The number of nitrogens with zero attached hydrogens (tertiary/aromatic N) is 4. The van der Waals surface area contributed by atoms with E-state index in [1.165, 1.54) is 0 Å². The van der Waals surface area contributed by atoms with Gasteiger partial charge in [-0.05, 0) is 83.2 Å². The molecule has 9 rings (SSSR count). The van der Waals surface area contributed by atoms with E-state index in [9.17, 15) is 0 Å². The van der Waals surface area contributed by atoms with Gasteiger partial charge in [0.1, 0.15) is 0 Å². The minimum absolute atomic E-state index is 0.152. The molecule has 3 aliphatic rings. The molecule has 2 aliphatic carbocycles. The van der Waals surface area contributed by atoms with E-state index in [0.29, 0.717) is 5.82 Å². The van der Waals surface area contributed by atoms with E-state index in [1.54, 1.807) is 0 Å². The fourth-order valence-corrected chi connectivity index (χ4v) is 7.37. The van der Waals surface area contributed by atoms with Gasteiger partial charge in [0.25, 0.3) is 0 Å². The number of aromatic nitrogens is 4. The third-order valence-electron chi connectivity index (χ3n) is 10.2. The lowest BCUT2D eigenvalue weighted by molar-refractivity contribution is 0.526. The SMILES string of the molecule is C1=CCCC(c2nc(C3=CC(c4ccc(-c5cc(-c6ccccc6)nc(-c6ccccc6)c5)cc4)=CC(C4C=CC=CN4)C3)nc(-c3ccccc3)n2)=C1. The van der Waals surface area contributed by atoms with E-state index < -0.39 is 0 Å². The van der Waals surface area contributed by atoms with E-state index in [-0.39, 0.29) is 12.0 Å². The zero-order valence-electron chi connectivity index (χ0n) is 29.9. The van der Waals surface area contributed by atoms with Crippen LogP contribution in [0.5, 0.6) is 0 Å². The monoisotopic (exact) mass is 697 g/mol. The van der Waals surface area contributed by atoms with Crippen LogP contribution in [0.4, 0.5) is 0 Å². The van der Waals surface area contributed by atoms with E-state index in [4.69, 9.17) is 19.9 Å². The molecular formula is C49H39N5. The Labute approximate surface area is 316 Å². The van der Waals surface area contributed by atoms with Gasteiger partial charge >= 0.3 is 0 Å². The minimum atomic E-state index is 0.152. The van der Waals surface area contributed by atoms with E-state index >= 15 is 0 Å². The summed E-state index contributed by atoms with van der Waals surface area (Å²) >= 11 is 0. The van der Waals surface area contributed by atoms with Crippen molar-refractivity contribution in [3.05, 3.63) is 199 Å². The molecule has 2 aromatic heterocycles. The van der Waals surface area contributed by atoms with Gasteiger partial charge in [0.15, 0.2) is 17.5 Å². The molecule has 0 fully saturated rings. The summed E-state index contributed by atoms with van der Waals surface area (Å²) in [6, 6.07) is 44.5. The number of hydrogen-bond acceptors (Lipinski definition) is 5. The molecule has 0 spiro atoms. The summed E-state index contributed by atoms with van der Waals surface area (Å²) in [4.78, 5) is 20.4. The maximum Gasteiger partial charge on any atom is 0.164 e. The van der Waals surface area contributed by atoms with Gasteiger partial charge in [-0.25, -0.2) is 19.9 Å². The zero-order chi connectivity index (χ0) is 36.1. The van der Waals surface area contributed by atoms with Crippen LogP contribution in [0, 0.1) is 5.92 Å². The van der Waals surface area contributed by atoms with Gasteiger partial charge in [-0.3, -0.25) is 0 Å². The van der Waals surface area contributed by atoms with E-state index in [1.807, 2.05) is 42.6 Å². The van der Waals surface area contributed by atoms with Gasteiger partial charge in [0, 0.05) is 22.6 Å². The topological polar surface area (TPSA) is 63.6 Å². The molecule has 0 saturated heterocycles. The van der Waals surface area contributed by atoms with Gasteiger partial charge in [-0.15, -0.1) is 0 Å². The fourth-order valence-electron chi connectivity index (χ4n) is 7.37. The highest BCUT2D eigenvalue weighted by Crippen LogP contribution is 2.38. The Hall–Kier alpha value is -6.72. The zero-order valence-corrected chi connectivity index (χ0v) is 29.9. The summed E-state index contributed by atoms with van der Waals surface area (Å²) in [5, 5.41) is 3.59. The Morgan fingerprint density at radius 1 is 0.519 bits per heavy atom. The number of benzene rings is 4. The van der Waals surface area contributed by atoms with Crippen LogP contribution in [0.15, 0.2) is 182 Å². The van der Waals surface area contributed by atoms with Gasteiger partial charge in [0.2, 0.25) is 0 Å². The molecule has 4 aromatic carbocycles. The smallest absolute Gasteiger partial charge is 0.164 e. The first-order valence-corrected chi connectivity index (χ1v) is 18.7. The number of allylic oxidation sites excluding steroid dienone is 9. The average molecular weight is 698 g/mol. The van der Waals surface area contributed by atoms with Crippen molar-refractivity contribution < 1.29 is 0 Å². The number of rotatable bonds is 8. The Balaban J connectivity index is 1.11. The summed E-state index contributed by atoms with van der Waals surface area (Å²) in [5.41, 5.74) is 11.9. The highest BCUT2D eigenvalue weighted by Gasteiger charge is 2.26. The summed E-state index contributed by atoms with van der Waals surface area (Å²) in [6.07, 6.45) is 22.3. The van der Waals surface area contributed by atoms with Crippen LogP contribution in [-0.2, 0) is 0 Å². The Bertz CT molecular complexity index is 2420. The summed E-state index contributed by atoms with van der Waals surface area (Å²) in [7, 11) is 0. The van der Waals surface area contributed by atoms with Crippen LogP contribution >= 0.6 is 0 Å². The van der Waals surface area contributed by atoms with Crippen LogP contribution in [0.2, 0.25) is 0 Å². The average Bonchev–Trinajstić information content (AvgIpc) is 3.27. The lowest BCUT2D eigenvalue weighted by Gasteiger charge is -2.29. The summed E-state index contributed by atoms with van der Waals surface area (Å²) in [6.45, 7) is 0. The van der Waals surface area contributed by atoms with Crippen molar-refractivity contribution in [1.82, 2.24) is 25.3 Å². The molecule has 0 amide bonds. The van der Waals surface area contributed by atoms with Crippen LogP contribution in [-0.4, -0.2) is 26.0 Å². The van der Waals surface area contributed by atoms with Crippen molar-refractivity contribution in [2.45, 2.75) is 25.3 Å². The maximum atomic E-state index is 5.16. The van der Waals surface area contributed by atoms with Gasteiger partial charge in [-0.1, -0.05) is 152 Å². The highest BCUT2D eigenvalue weighted by atomic mass is 15.0. The molecule has 5 heteroatoms. The number of dihydropyridines is 1. The molecule has 1 N–H and O–H groups in total. The maximum absolute atomic E-state index is 5.16. The molecule has 6 aromatic rings. The number of hydrogen-bond donors (Lipinski definition) is 1. The Kier molecular flexibility index (Phi) is 9.26. The molecule has 0 saturated carbocycles. The molecule has 1 aliphatic heterocycles. The third kappa shape index (κ3) is 7.17. The predicted molar refractivity (Wildman–Crippen MR) is 221 cm³/mol. The molecule has 5 nitrogen and oxygen atoms in total. The second-order valence-electron chi connectivity index (χ2n) is 13.9. The highest BCUT2D eigenvalue weighted by molar-refractivity contribution is 5.86. The van der Waals surface area contributed by atoms with Crippen LogP contribution < -0.4 is 5.32 Å². The first-order valence-electron chi connectivity index (χ1n) is 18.7. The standard InChI is InChI=1S/C49H39N5/c1-5-15-36(16-6-1)45-32-41(33-46(51-45)37-17-7-2-8-18-37)35-26-24-34(25-27-35)40-29-42(44-23-13-14-28-50-44)31-43(30-40)49-53-47(38-19-9-3-10-20-38)52-48(54-49)39-21-11-4-12-22-39/h1-11,13-21,23-30,32-33,42,44,50H,12,22,31H2. The van der Waals surface area contributed by atoms with E-state index in [2.05, 4.69) is 145 Å². The first kappa shape index (κ1) is 33.1. The predicted octanol–water partition coefficient (Wildman–Crippen LogP) is 11.2. The molecule has 0 bridgehead atoms. The molecule has 3 heterocycles. The molecule has 2 unspecified atom stereocenters. The molecule has 54 heavy (non-hydrogen) atoms. The second kappa shape index (κ2) is 15.1. The molecule has 0 radical (unpaired) electrons. The van der Waals surface area contributed by atoms with Crippen LogP contribution in [0.1, 0.15) is 36.5 Å². The van der Waals surface area contributed by atoms with Crippen molar-refractivity contribution in [3.8, 4) is 45.0 Å². The van der Waals surface area contributed by atoms with E-state index in [0.717, 1.165) is 92.4 Å². The normalized spacial score (nSPS) is 17.7. The third-order valence-corrected chi connectivity index (χ3v) is 10.2. The molecular weight excluding hydrogens is 659 g/mol. The van der Waals surface area contributed by atoms with Crippen molar-refractivity contribution in [2.24, 2.45) is 5.92 Å². The molecule has 2 atom stereocenters. The largest absolute Gasteiger partial charge is 0.384 e. The lowest BCUT2D eigenvalue weighted by Crippen LogP contribution is -2.32. The molecule has 260 valence electrons. The summed E-state index contributed by atoms with van der Waals surface area (Å²) in [5.74, 6) is 2.38. The lowest BCUT2D eigenvalue weighted by atomic mass is 9.82. The van der Waals surface area contributed by atoms with Gasteiger partial charge in [0.05, 0.1) is 17.4 Å². The number of nitrogens with one attached hydrogen (secondary N) is 1. The summed E-state index contributed by atoms with van der Waals surface area (Å²) < 4.78 is 0. The quantitative estimate of drug-likeness (QED) is 0.172. The first-order chi connectivity index (χ1) is 26.7. The Morgan fingerprint density at radius 3 is 1.74 bits per heavy atom. The van der Waals surface area contributed by atoms with Crippen molar-refractivity contribution in [1.29, 1.82) is 0 Å². The number of pyridine rings is 1. The van der Waals surface area contributed by atoms with Gasteiger partial charge in [-0.2, -0.15) is 0 Å². The van der Waals surface area contributed by atoms with Crippen LogP contribution in [0.25, 0.3) is 61.7 Å². The van der Waals surface area contributed by atoms with Crippen molar-refractivity contribution in [3.63, 3.8) is 0 Å². The minimum Gasteiger partial charge on any atom is -0.384 e. The Morgan fingerprint density at radius 2 is 1.13 bits per heavy atom. The van der Waals surface area contributed by atoms with Crippen LogP contribution in [0.3, 0.4) is 0 Å². The van der Waals surface area contributed by atoms with Gasteiger partial charge < -0.3 is 5.32 Å².